The molecule has 0 spiro atoms. The van der Waals surface area contributed by atoms with Crippen LogP contribution in [-0.4, -0.2) is 79.6 Å². The maximum Gasteiger partial charge on any atom is 0.335 e. The van der Waals surface area contributed by atoms with E-state index < -0.39 is 69.8 Å². The number of ketones is 2. The Kier molecular flexibility index (Phi) is 4.88. The number of Topliss-reactive ketones (excluding diaryl/α,β-unsaturated/α-hetero) is 2. The number of aromatic carboxylic acids is 1. The first-order valence-electron chi connectivity index (χ1n) is 10.1. The molecule has 0 radical (unpaired) electrons. The Balaban J connectivity index is 1.99. The zero-order valence-electron chi connectivity index (χ0n) is 17.7. The third-order valence-electron chi connectivity index (χ3n) is 6.84. The summed E-state index contributed by atoms with van der Waals surface area (Å²) in [4.78, 5) is 51.5. The van der Waals surface area contributed by atoms with E-state index in [0.29, 0.717) is 0 Å². The van der Waals surface area contributed by atoms with Crippen molar-refractivity contribution in [2.24, 2.45) is 17.6 Å². The van der Waals surface area contributed by atoms with Crippen LogP contribution in [0.3, 0.4) is 0 Å². The quantitative estimate of drug-likeness (QED) is 0.330. The van der Waals surface area contributed by atoms with Gasteiger partial charge in [-0.1, -0.05) is 0 Å². The van der Waals surface area contributed by atoms with Crippen LogP contribution in [0.15, 0.2) is 34.8 Å². The van der Waals surface area contributed by atoms with E-state index in [0.717, 1.165) is 12.1 Å². The standard InChI is InChI=1S/C22H22N2O9/c1-24(2)15-10-6-7-5-9-8(21(31)32)3-4-11(25)13(9)16(26)12(7)18(28)22(10,33)19(29)14(17(15)27)20(23)30/h3-4,7,10,15,25,27-28,33H,5-6H2,1-2H3,(H2,23,30)(H,31,32)/t7-,10-,15-,22-/m0/s1. The Hall–Kier alpha value is -3.70. The van der Waals surface area contributed by atoms with Crippen LogP contribution in [0.5, 0.6) is 5.75 Å². The first kappa shape index (κ1) is 22.5. The number of aromatic hydroxyl groups is 1. The van der Waals surface area contributed by atoms with Crippen LogP contribution in [0, 0.1) is 11.8 Å². The molecule has 1 aromatic rings. The summed E-state index contributed by atoms with van der Waals surface area (Å²) in [5.41, 5.74) is 0.839. The van der Waals surface area contributed by atoms with Crippen molar-refractivity contribution in [1.82, 2.24) is 4.90 Å². The van der Waals surface area contributed by atoms with E-state index in [1.54, 1.807) is 0 Å². The number of rotatable bonds is 3. The number of nitrogens with zero attached hydrogens (tertiary/aromatic N) is 1. The SMILES string of the molecule is CN(C)[C@@H]1C(O)=C(C(N)=O)C(=O)[C@@]2(O)C(O)=C3C(=O)c4c(O)ccc(C(=O)O)c4C[C@H]3C[C@@H]12. The molecular formula is C22H22N2O9. The Morgan fingerprint density at radius 1 is 1.15 bits per heavy atom. The number of nitrogens with two attached hydrogens (primary N) is 1. The van der Waals surface area contributed by atoms with Gasteiger partial charge in [0.2, 0.25) is 5.78 Å². The van der Waals surface area contributed by atoms with Crippen molar-refractivity contribution in [3.8, 4) is 5.75 Å². The highest BCUT2D eigenvalue weighted by Crippen LogP contribution is 2.52. The topological polar surface area (TPSA) is 199 Å². The van der Waals surface area contributed by atoms with Gasteiger partial charge in [0.1, 0.15) is 22.8 Å². The molecule has 11 heteroatoms. The van der Waals surface area contributed by atoms with Gasteiger partial charge in [-0.15, -0.1) is 0 Å². The van der Waals surface area contributed by atoms with E-state index in [4.69, 9.17) is 5.73 Å². The number of phenolic OH excluding ortho intramolecular Hbond substituents is 1. The maximum atomic E-state index is 13.3. The summed E-state index contributed by atoms with van der Waals surface area (Å²) in [5, 5.41) is 53.0. The number of benzene rings is 1. The van der Waals surface area contributed by atoms with E-state index >= 15 is 0 Å². The van der Waals surface area contributed by atoms with E-state index in [1.807, 2.05) is 0 Å². The molecule has 0 fully saturated rings. The second-order valence-electron chi connectivity index (χ2n) is 8.75. The Morgan fingerprint density at radius 3 is 2.33 bits per heavy atom. The number of hydrogen-bond acceptors (Lipinski definition) is 9. The summed E-state index contributed by atoms with van der Waals surface area (Å²) in [6.45, 7) is 0. The van der Waals surface area contributed by atoms with Crippen LogP contribution >= 0.6 is 0 Å². The highest BCUT2D eigenvalue weighted by Gasteiger charge is 2.63. The molecule has 33 heavy (non-hydrogen) atoms. The van der Waals surface area contributed by atoms with E-state index in [-0.39, 0.29) is 35.1 Å². The molecular weight excluding hydrogens is 436 g/mol. The Labute approximate surface area is 187 Å². The minimum absolute atomic E-state index is 0.0700. The normalized spacial score (nSPS) is 29.0. The van der Waals surface area contributed by atoms with Crippen LogP contribution < -0.4 is 5.73 Å². The number of allylic oxidation sites excluding steroid dienone is 1. The highest BCUT2D eigenvalue weighted by atomic mass is 16.4. The van der Waals surface area contributed by atoms with Crippen LogP contribution in [0.1, 0.15) is 32.7 Å². The number of carboxylic acids is 1. The number of hydrogen-bond donors (Lipinski definition) is 6. The summed E-state index contributed by atoms with van der Waals surface area (Å²) < 4.78 is 0. The van der Waals surface area contributed by atoms with Crippen molar-refractivity contribution in [3.05, 3.63) is 51.5 Å². The first-order chi connectivity index (χ1) is 15.3. The molecule has 0 unspecified atom stereocenters. The molecule has 0 bridgehead atoms. The molecule has 0 aliphatic heterocycles. The van der Waals surface area contributed by atoms with Gasteiger partial charge in [-0.2, -0.15) is 0 Å². The maximum absolute atomic E-state index is 13.3. The minimum Gasteiger partial charge on any atom is -0.510 e. The van der Waals surface area contributed by atoms with Crippen LogP contribution in [-0.2, 0) is 16.0 Å². The smallest absolute Gasteiger partial charge is 0.335 e. The van der Waals surface area contributed by atoms with Gasteiger partial charge in [0, 0.05) is 11.5 Å². The van der Waals surface area contributed by atoms with Crippen molar-refractivity contribution < 1.29 is 44.7 Å². The third kappa shape index (κ3) is 2.82. The number of likely N-dealkylation sites (N-methyl/N-ethyl adjacent to an activating group) is 1. The summed E-state index contributed by atoms with van der Waals surface area (Å²) in [6, 6.07) is 1.09. The molecule has 4 rings (SSSR count). The molecule has 7 N–H and O–H groups in total. The van der Waals surface area contributed by atoms with Gasteiger partial charge >= 0.3 is 5.97 Å². The van der Waals surface area contributed by atoms with Gasteiger partial charge in [0.15, 0.2) is 11.4 Å². The summed E-state index contributed by atoms with van der Waals surface area (Å²) in [6.07, 6.45) is -0.189. The fraction of sp³-hybridized carbons (Fsp3) is 0.364. The molecule has 0 heterocycles. The molecule has 4 atom stereocenters. The third-order valence-corrected chi connectivity index (χ3v) is 6.84. The van der Waals surface area contributed by atoms with E-state index in [1.165, 1.54) is 19.0 Å². The summed E-state index contributed by atoms with van der Waals surface area (Å²) >= 11 is 0. The van der Waals surface area contributed by atoms with Gasteiger partial charge in [0.05, 0.1) is 17.2 Å². The van der Waals surface area contributed by atoms with Crippen LogP contribution in [0.25, 0.3) is 0 Å². The Morgan fingerprint density at radius 2 is 1.79 bits per heavy atom. The predicted octanol–water partition coefficient (Wildman–Crippen LogP) is -0.181. The molecule has 0 saturated carbocycles. The number of amides is 1. The van der Waals surface area contributed by atoms with E-state index in [9.17, 15) is 44.7 Å². The number of fused-ring (bicyclic) bond motifs is 3. The molecule has 3 aliphatic rings. The average Bonchev–Trinajstić information content (AvgIpc) is 2.70. The molecule has 1 amide bonds. The first-order valence-corrected chi connectivity index (χ1v) is 10.1. The van der Waals surface area contributed by atoms with Crippen LogP contribution in [0.2, 0.25) is 0 Å². The second-order valence-corrected chi connectivity index (χ2v) is 8.75. The lowest BCUT2D eigenvalue weighted by Gasteiger charge is -2.50. The fourth-order valence-electron chi connectivity index (χ4n) is 5.45. The van der Waals surface area contributed by atoms with Crippen LogP contribution in [0.4, 0.5) is 0 Å². The minimum atomic E-state index is -2.73. The molecule has 11 nitrogen and oxygen atoms in total. The fourth-order valence-corrected chi connectivity index (χ4v) is 5.45. The Bertz CT molecular complexity index is 1210. The lowest BCUT2D eigenvalue weighted by atomic mass is 9.58. The molecule has 174 valence electrons. The monoisotopic (exact) mass is 458 g/mol. The van der Waals surface area contributed by atoms with Crippen molar-refractivity contribution in [1.29, 1.82) is 0 Å². The number of carbonyl (C=O) groups is 4. The number of aliphatic hydroxyl groups is 3. The zero-order chi connectivity index (χ0) is 24.6. The largest absolute Gasteiger partial charge is 0.510 e. The molecule has 1 aromatic carbocycles. The van der Waals surface area contributed by atoms with E-state index in [2.05, 4.69) is 0 Å². The number of aliphatic hydroxyl groups excluding tert-OH is 2. The summed E-state index contributed by atoms with van der Waals surface area (Å²) in [5.74, 6) is -9.05. The lowest BCUT2D eigenvalue weighted by molar-refractivity contribution is -0.148. The number of phenols is 1. The van der Waals surface area contributed by atoms with Gasteiger partial charge in [-0.05, 0) is 50.6 Å². The average molecular weight is 458 g/mol. The van der Waals surface area contributed by atoms with Gasteiger partial charge in [-0.25, -0.2) is 4.79 Å². The lowest BCUT2D eigenvalue weighted by Crippen LogP contribution is -2.63. The predicted molar refractivity (Wildman–Crippen MR) is 111 cm³/mol. The summed E-state index contributed by atoms with van der Waals surface area (Å²) in [7, 11) is 3.04. The van der Waals surface area contributed by atoms with Gasteiger partial charge in [0.25, 0.3) is 5.91 Å². The number of carbonyl (C=O) groups excluding carboxylic acids is 3. The highest BCUT2D eigenvalue weighted by molar-refractivity contribution is 6.25. The second kappa shape index (κ2) is 7.15. The van der Waals surface area contributed by atoms with Crippen molar-refractivity contribution in [2.75, 3.05) is 14.1 Å². The molecule has 3 aliphatic carbocycles. The van der Waals surface area contributed by atoms with Gasteiger partial charge < -0.3 is 31.3 Å². The molecule has 0 saturated heterocycles. The zero-order valence-corrected chi connectivity index (χ0v) is 17.7. The van der Waals surface area contributed by atoms with Gasteiger partial charge in [-0.3, -0.25) is 19.3 Å². The number of carboxylic acid groups (broad SMARTS) is 1. The molecule has 0 aromatic heterocycles. The number of primary amides is 1. The van der Waals surface area contributed by atoms with Crippen molar-refractivity contribution in [3.63, 3.8) is 0 Å². The van der Waals surface area contributed by atoms with Crippen molar-refractivity contribution in [2.45, 2.75) is 24.5 Å². The van der Waals surface area contributed by atoms with Crippen molar-refractivity contribution >= 4 is 23.4 Å².